The summed E-state index contributed by atoms with van der Waals surface area (Å²) < 4.78 is 0. The van der Waals surface area contributed by atoms with Crippen molar-refractivity contribution in [3.05, 3.63) is 94.3 Å². The van der Waals surface area contributed by atoms with Crippen LogP contribution >= 0.6 is 11.3 Å². The quantitative estimate of drug-likeness (QED) is 0.380. The van der Waals surface area contributed by atoms with Crippen LogP contribution in [0.1, 0.15) is 40.8 Å². The molecule has 0 saturated heterocycles. The molecule has 1 aliphatic carbocycles. The van der Waals surface area contributed by atoms with E-state index in [2.05, 4.69) is 63.6 Å². The second kappa shape index (κ2) is 8.46. The van der Waals surface area contributed by atoms with Crippen molar-refractivity contribution >= 4 is 28.1 Å². The molecule has 0 bridgehead atoms. The molecule has 3 N–H and O–H groups in total. The van der Waals surface area contributed by atoms with Gasteiger partial charge in [-0.2, -0.15) is 0 Å². The van der Waals surface area contributed by atoms with Crippen LogP contribution in [0.25, 0.3) is 10.9 Å². The van der Waals surface area contributed by atoms with E-state index in [0.717, 1.165) is 23.9 Å². The van der Waals surface area contributed by atoms with Gasteiger partial charge in [0, 0.05) is 40.5 Å². The highest BCUT2D eigenvalue weighted by Crippen LogP contribution is 2.33. The molecule has 5 rings (SSSR count). The van der Waals surface area contributed by atoms with E-state index >= 15 is 0 Å². The number of hydrogen-bond acceptors (Lipinski definition) is 3. The Labute approximate surface area is 180 Å². The Morgan fingerprint density at radius 1 is 1.03 bits per heavy atom. The highest BCUT2D eigenvalue weighted by Gasteiger charge is 2.29. The highest BCUT2D eigenvalue weighted by atomic mass is 32.1. The van der Waals surface area contributed by atoms with Gasteiger partial charge in [-0.05, 0) is 41.5 Å². The first-order chi connectivity index (χ1) is 14.8. The SMILES string of the molecule is O=C(NC1CC1)[C@@H](NC[C@@H](c1cccs1)c1c[nH]c2ccccc12)c1ccccc1. The first kappa shape index (κ1) is 19.1. The monoisotopic (exact) mass is 415 g/mol. The summed E-state index contributed by atoms with van der Waals surface area (Å²) in [5, 5.41) is 10.1. The Morgan fingerprint density at radius 2 is 1.83 bits per heavy atom. The number of nitrogens with one attached hydrogen (secondary N) is 3. The normalized spacial score (nSPS) is 15.7. The third kappa shape index (κ3) is 4.04. The molecule has 4 nitrogen and oxygen atoms in total. The Balaban J connectivity index is 1.44. The van der Waals surface area contributed by atoms with E-state index < -0.39 is 0 Å². The van der Waals surface area contributed by atoms with Crippen LogP contribution in [0.3, 0.4) is 0 Å². The van der Waals surface area contributed by atoms with Crippen molar-refractivity contribution < 1.29 is 4.79 Å². The molecule has 5 heteroatoms. The molecule has 30 heavy (non-hydrogen) atoms. The van der Waals surface area contributed by atoms with Crippen LogP contribution < -0.4 is 10.6 Å². The lowest BCUT2D eigenvalue weighted by Gasteiger charge is -2.23. The molecular weight excluding hydrogens is 390 g/mol. The van der Waals surface area contributed by atoms with Gasteiger partial charge in [0.2, 0.25) is 5.91 Å². The summed E-state index contributed by atoms with van der Waals surface area (Å²) in [6.07, 6.45) is 4.28. The topological polar surface area (TPSA) is 56.9 Å². The Bertz CT molecular complexity index is 1120. The number of amides is 1. The largest absolute Gasteiger partial charge is 0.361 e. The third-order valence-corrected chi connectivity index (χ3v) is 6.71. The Hall–Kier alpha value is -2.89. The number of hydrogen-bond donors (Lipinski definition) is 3. The standard InChI is InChI=1S/C25H25N3OS/c29-25(28-18-12-13-18)24(17-7-2-1-3-8-17)27-16-21(23-11-6-14-30-23)20-15-26-22-10-5-4-9-19(20)22/h1-11,14-15,18,21,24,26-27H,12-13,16H2,(H,28,29)/t21-,24+/m1/s1. The molecule has 2 aromatic heterocycles. The van der Waals surface area contributed by atoms with Crippen LogP contribution in [-0.4, -0.2) is 23.5 Å². The van der Waals surface area contributed by atoms with Crippen LogP contribution in [-0.2, 0) is 4.79 Å². The van der Waals surface area contributed by atoms with Crippen molar-refractivity contribution in [1.82, 2.24) is 15.6 Å². The van der Waals surface area contributed by atoms with E-state index in [1.165, 1.54) is 15.8 Å². The summed E-state index contributed by atoms with van der Waals surface area (Å²) >= 11 is 1.76. The number of H-pyrrole nitrogens is 1. The highest BCUT2D eigenvalue weighted by molar-refractivity contribution is 7.10. The number of para-hydroxylation sites is 1. The summed E-state index contributed by atoms with van der Waals surface area (Å²) in [5.74, 6) is 0.230. The van der Waals surface area contributed by atoms with Crippen LogP contribution in [0.5, 0.6) is 0 Å². The van der Waals surface area contributed by atoms with E-state index in [1.54, 1.807) is 11.3 Å². The average molecular weight is 416 g/mol. The number of carbonyl (C=O) groups excluding carboxylic acids is 1. The van der Waals surface area contributed by atoms with Gasteiger partial charge in [-0.15, -0.1) is 11.3 Å². The molecular formula is C25H25N3OS. The minimum Gasteiger partial charge on any atom is -0.361 e. The lowest BCUT2D eigenvalue weighted by atomic mass is 9.95. The number of thiophene rings is 1. The van der Waals surface area contributed by atoms with E-state index in [1.807, 2.05) is 30.3 Å². The van der Waals surface area contributed by atoms with E-state index in [9.17, 15) is 4.79 Å². The second-order valence-electron chi connectivity index (χ2n) is 7.89. The minimum absolute atomic E-state index is 0.0626. The van der Waals surface area contributed by atoms with Gasteiger partial charge in [0.25, 0.3) is 0 Å². The minimum atomic E-state index is -0.362. The summed E-state index contributed by atoms with van der Waals surface area (Å²) in [4.78, 5) is 17.7. The Morgan fingerprint density at radius 3 is 2.60 bits per heavy atom. The van der Waals surface area contributed by atoms with Gasteiger partial charge < -0.3 is 15.6 Å². The maximum absolute atomic E-state index is 13.0. The first-order valence-electron chi connectivity index (χ1n) is 10.5. The van der Waals surface area contributed by atoms with Crippen molar-refractivity contribution in [2.75, 3.05) is 6.54 Å². The fraction of sp³-hybridized carbons (Fsp3) is 0.240. The molecule has 0 aliphatic heterocycles. The number of aromatic amines is 1. The van der Waals surface area contributed by atoms with Gasteiger partial charge in [0.1, 0.15) is 6.04 Å². The van der Waals surface area contributed by atoms with Crippen molar-refractivity contribution in [2.24, 2.45) is 0 Å². The predicted molar refractivity (Wildman–Crippen MR) is 123 cm³/mol. The molecule has 2 aromatic carbocycles. The first-order valence-corrected chi connectivity index (χ1v) is 11.4. The molecule has 4 aromatic rings. The van der Waals surface area contributed by atoms with Gasteiger partial charge in [-0.25, -0.2) is 0 Å². The maximum Gasteiger partial charge on any atom is 0.241 e. The molecule has 1 fully saturated rings. The smallest absolute Gasteiger partial charge is 0.241 e. The van der Waals surface area contributed by atoms with Crippen molar-refractivity contribution in [2.45, 2.75) is 30.8 Å². The number of benzene rings is 2. The summed E-state index contributed by atoms with van der Waals surface area (Å²) in [6.45, 7) is 0.681. The molecule has 1 aliphatic rings. The maximum atomic E-state index is 13.0. The fourth-order valence-electron chi connectivity index (χ4n) is 3.99. The molecule has 2 atom stereocenters. The summed E-state index contributed by atoms with van der Waals surface area (Å²) in [7, 11) is 0. The lowest BCUT2D eigenvalue weighted by Crippen LogP contribution is -2.40. The number of rotatable bonds is 8. The number of carbonyl (C=O) groups is 1. The van der Waals surface area contributed by atoms with E-state index in [4.69, 9.17) is 0 Å². The molecule has 0 spiro atoms. The van der Waals surface area contributed by atoms with Crippen LogP contribution in [0.15, 0.2) is 78.3 Å². The van der Waals surface area contributed by atoms with Crippen LogP contribution in [0.4, 0.5) is 0 Å². The van der Waals surface area contributed by atoms with Crippen LogP contribution in [0, 0.1) is 0 Å². The average Bonchev–Trinajstić information content (AvgIpc) is 3.26. The number of aromatic nitrogens is 1. The summed E-state index contributed by atoms with van der Waals surface area (Å²) in [6, 6.07) is 22.7. The molecule has 2 heterocycles. The zero-order valence-corrected chi connectivity index (χ0v) is 17.5. The lowest BCUT2D eigenvalue weighted by molar-refractivity contribution is -0.123. The molecule has 152 valence electrons. The van der Waals surface area contributed by atoms with Crippen molar-refractivity contribution in [3.63, 3.8) is 0 Å². The van der Waals surface area contributed by atoms with Gasteiger partial charge in [-0.1, -0.05) is 54.6 Å². The molecule has 0 radical (unpaired) electrons. The summed E-state index contributed by atoms with van der Waals surface area (Å²) in [5.41, 5.74) is 3.40. The zero-order chi connectivity index (χ0) is 20.3. The Kier molecular flexibility index (Phi) is 5.39. The zero-order valence-electron chi connectivity index (χ0n) is 16.7. The van der Waals surface area contributed by atoms with E-state index in [-0.39, 0.29) is 17.9 Å². The van der Waals surface area contributed by atoms with Gasteiger partial charge in [0.05, 0.1) is 0 Å². The van der Waals surface area contributed by atoms with Gasteiger partial charge in [-0.3, -0.25) is 4.79 Å². The predicted octanol–water partition coefficient (Wildman–Crippen LogP) is 4.97. The molecule has 1 saturated carbocycles. The van der Waals surface area contributed by atoms with Gasteiger partial charge >= 0.3 is 0 Å². The van der Waals surface area contributed by atoms with Gasteiger partial charge in [0.15, 0.2) is 0 Å². The number of fused-ring (bicyclic) bond motifs is 1. The second-order valence-corrected chi connectivity index (χ2v) is 8.87. The molecule has 0 unspecified atom stereocenters. The third-order valence-electron chi connectivity index (χ3n) is 5.73. The van der Waals surface area contributed by atoms with Crippen LogP contribution in [0.2, 0.25) is 0 Å². The molecule has 1 amide bonds. The van der Waals surface area contributed by atoms with Crippen molar-refractivity contribution in [3.8, 4) is 0 Å². The van der Waals surface area contributed by atoms with Crippen molar-refractivity contribution in [1.29, 1.82) is 0 Å². The van der Waals surface area contributed by atoms with E-state index in [0.29, 0.717) is 12.6 Å². The fourth-order valence-corrected chi connectivity index (χ4v) is 4.84.